The van der Waals surface area contributed by atoms with Crippen molar-refractivity contribution in [1.82, 2.24) is 9.80 Å². The maximum absolute atomic E-state index is 12.9. The van der Waals surface area contributed by atoms with Gasteiger partial charge in [0.05, 0.1) is 0 Å². The van der Waals surface area contributed by atoms with Crippen LogP contribution >= 0.6 is 11.8 Å². The van der Waals surface area contributed by atoms with Crippen molar-refractivity contribution in [3.05, 3.63) is 0 Å². The van der Waals surface area contributed by atoms with Crippen molar-refractivity contribution < 1.29 is 4.79 Å². The summed E-state index contributed by atoms with van der Waals surface area (Å²) in [7, 11) is 0. The molecule has 3 rings (SSSR count). The molecule has 1 amide bonds. The molecule has 3 aliphatic heterocycles. The average Bonchev–Trinajstić information content (AvgIpc) is 2.67. The van der Waals surface area contributed by atoms with Crippen molar-refractivity contribution in [2.45, 2.75) is 64.1 Å². The van der Waals surface area contributed by atoms with Gasteiger partial charge in [0.2, 0.25) is 5.91 Å². The van der Waals surface area contributed by atoms with Crippen LogP contribution in [-0.4, -0.2) is 57.9 Å². The van der Waals surface area contributed by atoms with Crippen molar-refractivity contribution in [3.63, 3.8) is 0 Å². The van der Waals surface area contributed by atoms with Crippen molar-refractivity contribution in [2.24, 2.45) is 5.92 Å². The largest absolute Gasteiger partial charge is 0.334 e. The third kappa shape index (κ3) is 2.74. The molecule has 4 heteroatoms. The summed E-state index contributed by atoms with van der Waals surface area (Å²) in [5.41, 5.74) is 0.234. The van der Waals surface area contributed by atoms with E-state index < -0.39 is 0 Å². The van der Waals surface area contributed by atoms with Crippen LogP contribution in [0.5, 0.6) is 0 Å². The molecule has 2 unspecified atom stereocenters. The molecule has 3 heterocycles. The Bertz CT molecular complexity index is 359. The topological polar surface area (TPSA) is 23.6 Å². The second kappa shape index (κ2) is 5.53. The molecular weight excluding hydrogens is 268 g/mol. The Morgan fingerprint density at radius 1 is 1.00 bits per heavy atom. The highest BCUT2D eigenvalue weighted by Gasteiger charge is 2.46. The van der Waals surface area contributed by atoms with Crippen LogP contribution in [0, 0.1) is 5.92 Å². The molecule has 3 saturated heterocycles. The van der Waals surface area contributed by atoms with Gasteiger partial charge >= 0.3 is 0 Å². The van der Waals surface area contributed by atoms with E-state index in [1.165, 1.54) is 24.3 Å². The lowest BCUT2D eigenvalue weighted by Gasteiger charge is -2.47. The number of likely N-dealkylation sites (tertiary alicyclic amines) is 1. The summed E-state index contributed by atoms with van der Waals surface area (Å²) in [6.45, 7) is 9.03. The van der Waals surface area contributed by atoms with E-state index in [1.54, 1.807) is 0 Å². The summed E-state index contributed by atoms with van der Waals surface area (Å²) in [4.78, 5) is 17.7. The van der Waals surface area contributed by atoms with Gasteiger partial charge in [0.1, 0.15) is 0 Å². The molecule has 3 aliphatic rings. The summed E-state index contributed by atoms with van der Waals surface area (Å²) in [5, 5.41) is 0. The standard InChI is InChI=1S/C16H28N2OS/c1-16(2,3)17-10-13-4-5-14(11-17)18(13)15(19)12-6-8-20-9-7-12/h12-14H,4-11H2,1-3H3. The monoisotopic (exact) mass is 296 g/mol. The van der Waals surface area contributed by atoms with E-state index in [2.05, 4.69) is 30.6 Å². The van der Waals surface area contributed by atoms with Crippen LogP contribution in [0.2, 0.25) is 0 Å². The first-order chi connectivity index (χ1) is 9.47. The molecule has 0 saturated carbocycles. The van der Waals surface area contributed by atoms with Crippen molar-refractivity contribution in [3.8, 4) is 0 Å². The van der Waals surface area contributed by atoms with Gasteiger partial charge in [-0.1, -0.05) is 0 Å². The highest BCUT2D eigenvalue weighted by atomic mass is 32.2. The van der Waals surface area contributed by atoms with E-state index in [-0.39, 0.29) is 5.54 Å². The van der Waals surface area contributed by atoms with Crippen LogP contribution in [0.3, 0.4) is 0 Å². The zero-order valence-corrected chi connectivity index (χ0v) is 13.9. The summed E-state index contributed by atoms with van der Waals surface area (Å²) < 4.78 is 0. The van der Waals surface area contributed by atoms with E-state index in [0.29, 0.717) is 23.9 Å². The van der Waals surface area contributed by atoms with Gasteiger partial charge in [-0.2, -0.15) is 11.8 Å². The van der Waals surface area contributed by atoms with Gasteiger partial charge in [-0.3, -0.25) is 9.69 Å². The van der Waals surface area contributed by atoms with Crippen LogP contribution < -0.4 is 0 Å². The molecular formula is C16H28N2OS. The predicted molar refractivity (Wildman–Crippen MR) is 85.0 cm³/mol. The van der Waals surface area contributed by atoms with Gasteiger partial charge < -0.3 is 4.90 Å². The summed E-state index contributed by atoms with van der Waals surface area (Å²) in [5.74, 6) is 3.15. The molecule has 3 fully saturated rings. The van der Waals surface area contributed by atoms with Gasteiger partial charge in [0.25, 0.3) is 0 Å². The Morgan fingerprint density at radius 3 is 2.05 bits per heavy atom. The Kier molecular flexibility index (Phi) is 4.06. The third-order valence-corrected chi connectivity index (χ3v) is 6.30. The second-order valence-electron chi connectivity index (χ2n) is 7.59. The number of nitrogens with zero attached hydrogens (tertiary/aromatic N) is 2. The molecule has 0 aromatic carbocycles. The first-order valence-electron chi connectivity index (χ1n) is 8.12. The molecule has 0 spiro atoms. The molecule has 114 valence electrons. The molecule has 2 bridgehead atoms. The fraction of sp³-hybridized carbons (Fsp3) is 0.938. The van der Waals surface area contributed by atoms with E-state index in [4.69, 9.17) is 0 Å². The number of fused-ring (bicyclic) bond motifs is 2. The normalized spacial score (nSPS) is 32.6. The number of hydrogen-bond acceptors (Lipinski definition) is 3. The first-order valence-corrected chi connectivity index (χ1v) is 9.27. The van der Waals surface area contributed by atoms with Gasteiger partial charge in [-0.25, -0.2) is 0 Å². The summed E-state index contributed by atoms with van der Waals surface area (Å²) in [6.07, 6.45) is 4.62. The highest BCUT2D eigenvalue weighted by Crippen LogP contribution is 2.36. The van der Waals surface area contributed by atoms with Crippen molar-refractivity contribution in [2.75, 3.05) is 24.6 Å². The zero-order chi connectivity index (χ0) is 14.3. The quantitative estimate of drug-likeness (QED) is 0.743. The van der Waals surface area contributed by atoms with E-state index in [9.17, 15) is 4.79 Å². The van der Waals surface area contributed by atoms with Crippen LogP contribution in [-0.2, 0) is 4.79 Å². The lowest BCUT2D eigenvalue weighted by molar-refractivity contribution is -0.143. The number of thioether (sulfide) groups is 1. The Balaban J connectivity index is 1.69. The maximum Gasteiger partial charge on any atom is 0.226 e. The Labute approximate surface area is 127 Å². The zero-order valence-electron chi connectivity index (χ0n) is 13.1. The van der Waals surface area contributed by atoms with Crippen LogP contribution in [0.15, 0.2) is 0 Å². The molecule has 0 aromatic rings. The number of carbonyl (C=O) groups is 1. The fourth-order valence-electron chi connectivity index (χ4n) is 3.97. The number of amides is 1. The Morgan fingerprint density at radius 2 is 1.55 bits per heavy atom. The minimum Gasteiger partial charge on any atom is -0.334 e. The Hall–Kier alpha value is -0.220. The molecule has 0 radical (unpaired) electrons. The van der Waals surface area contributed by atoms with E-state index in [1.807, 2.05) is 11.8 Å². The SMILES string of the molecule is CC(C)(C)N1CC2CCC(C1)N2C(=O)C1CCSCC1. The number of rotatable bonds is 1. The molecule has 3 nitrogen and oxygen atoms in total. The van der Waals surface area contributed by atoms with Crippen molar-refractivity contribution >= 4 is 17.7 Å². The maximum atomic E-state index is 12.9. The smallest absolute Gasteiger partial charge is 0.226 e. The third-order valence-electron chi connectivity index (χ3n) is 5.26. The summed E-state index contributed by atoms with van der Waals surface area (Å²) in [6, 6.07) is 0.963. The molecule has 0 N–H and O–H groups in total. The fourth-order valence-corrected chi connectivity index (χ4v) is 5.07. The lowest BCUT2D eigenvalue weighted by atomic mass is 9.97. The average molecular weight is 296 g/mol. The van der Waals surface area contributed by atoms with Gasteiger partial charge in [-0.05, 0) is 58.0 Å². The van der Waals surface area contributed by atoms with E-state index >= 15 is 0 Å². The van der Waals surface area contributed by atoms with Crippen LogP contribution in [0.25, 0.3) is 0 Å². The number of carbonyl (C=O) groups excluding carboxylic acids is 1. The number of piperazine rings is 1. The molecule has 0 aromatic heterocycles. The van der Waals surface area contributed by atoms with Gasteiger partial charge in [-0.15, -0.1) is 0 Å². The predicted octanol–water partition coefficient (Wildman–Crippen LogP) is 2.60. The minimum absolute atomic E-state index is 0.234. The molecule has 2 atom stereocenters. The van der Waals surface area contributed by atoms with Gasteiger partial charge in [0, 0.05) is 36.6 Å². The first kappa shape index (κ1) is 14.7. The highest BCUT2D eigenvalue weighted by molar-refractivity contribution is 7.99. The van der Waals surface area contributed by atoms with E-state index in [0.717, 1.165) is 25.9 Å². The minimum atomic E-state index is 0.234. The second-order valence-corrected chi connectivity index (χ2v) is 8.82. The van der Waals surface area contributed by atoms with Crippen LogP contribution in [0.1, 0.15) is 46.5 Å². The molecule has 0 aliphatic carbocycles. The summed E-state index contributed by atoms with van der Waals surface area (Å²) >= 11 is 2.00. The molecule has 20 heavy (non-hydrogen) atoms. The van der Waals surface area contributed by atoms with Crippen LogP contribution in [0.4, 0.5) is 0 Å². The van der Waals surface area contributed by atoms with Gasteiger partial charge in [0.15, 0.2) is 0 Å². The number of hydrogen-bond donors (Lipinski definition) is 0. The van der Waals surface area contributed by atoms with Crippen molar-refractivity contribution in [1.29, 1.82) is 0 Å². The lowest BCUT2D eigenvalue weighted by Crippen LogP contribution is -2.61.